The largest absolute Gasteiger partial charge is 0.298 e. The molecule has 3 atom stereocenters. The Morgan fingerprint density at radius 2 is 1.33 bits per heavy atom. The molecule has 4 rings (SSSR count). The summed E-state index contributed by atoms with van der Waals surface area (Å²) in [6.07, 6.45) is 2.58. The lowest BCUT2D eigenvalue weighted by atomic mass is 9.73. The van der Waals surface area contributed by atoms with Gasteiger partial charge in [0.15, 0.2) is 11.6 Å². The number of carbonyl (C=O) groups is 2. The van der Waals surface area contributed by atoms with E-state index in [1.165, 1.54) is 0 Å². The molecule has 0 radical (unpaired) electrons. The van der Waals surface area contributed by atoms with E-state index in [0.717, 1.165) is 47.1 Å². The van der Waals surface area contributed by atoms with E-state index < -0.39 is 5.92 Å². The van der Waals surface area contributed by atoms with Crippen LogP contribution in [0.25, 0.3) is 11.1 Å². The van der Waals surface area contributed by atoms with Crippen LogP contribution >= 0.6 is 0 Å². The maximum atomic E-state index is 12.8. The van der Waals surface area contributed by atoms with Gasteiger partial charge in [-0.05, 0) is 60.9 Å². The topological polar surface area (TPSA) is 34.1 Å². The van der Waals surface area contributed by atoms with Gasteiger partial charge in [-0.1, -0.05) is 42.5 Å². The molecule has 0 amide bonds. The number of ketones is 2. The predicted octanol–water partition coefficient (Wildman–Crippen LogP) is 4.62. The third kappa shape index (κ3) is 2.32. The van der Waals surface area contributed by atoms with Crippen LogP contribution in [0.3, 0.4) is 0 Å². The van der Waals surface area contributed by atoms with Gasteiger partial charge in [0.05, 0.1) is 0 Å². The van der Waals surface area contributed by atoms with Crippen molar-refractivity contribution in [3.63, 3.8) is 0 Å². The highest BCUT2D eigenvalue weighted by molar-refractivity contribution is 6.12. The molecule has 0 aliphatic heterocycles. The van der Waals surface area contributed by atoms with Gasteiger partial charge in [-0.25, -0.2) is 0 Å². The molecule has 0 aromatic heterocycles. The van der Waals surface area contributed by atoms with Crippen molar-refractivity contribution in [2.24, 2.45) is 11.8 Å². The van der Waals surface area contributed by atoms with E-state index in [9.17, 15) is 9.59 Å². The van der Waals surface area contributed by atoms with Gasteiger partial charge >= 0.3 is 0 Å². The first-order valence-electron chi connectivity index (χ1n) is 8.80. The standard InChI is InChI=1S/C22H22O2/c1-13-10-18(15-6-4-3-5-7-15)11-14(2)19(13)20-21(23)16-8-9-17(12-16)22(20)24/h3-7,10-11,16-17,20H,8-9,12H2,1-2H3/t16-,17+,20?. The molecule has 0 N–H and O–H groups in total. The number of benzene rings is 2. The Kier molecular flexibility index (Phi) is 3.64. The van der Waals surface area contributed by atoms with Crippen molar-refractivity contribution < 1.29 is 9.59 Å². The minimum Gasteiger partial charge on any atom is -0.298 e. The SMILES string of the molecule is Cc1cc(-c2ccccc2)cc(C)c1C1C(=O)[C@@H]2CC[C@@H](C2)C1=O. The molecule has 122 valence electrons. The first-order valence-corrected chi connectivity index (χ1v) is 8.80. The molecule has 1 unspecified atom stereocenters. The summed E-state index contributed by atoms with van der Waals surface area (Å²) in [5, 5.41) is 0. The summed E-state index contributed by atoms with van der Waals surface area (Å²) in [5.41, 5.74) is 5.38. The second kappa shape index (κ2) is 5.70. The Hall–Kier alpha value is -2.22. The fourth-order valence-electron chi connectivity index (χ4n) is 4.62. The lowest BCUT2D eigenvalue weighted by Gasteiger charge is -2.28. The molecule has 0 saturated heterocycles. The van der Waals surface area contributed by atoms with Gasteiger partial charge < -0.3 is 0 Å². The maximum absolute atomic E-state index is 12.8. The van der Waals surface area contributed by atoms with Crippen LogP contribution in [0.1, 0.15) is 41.9 Å². The maximum Gasteiger partial charge on any atom is 0.150 e. The summed E-state index contributed by atoms with van der Waals surface area (Å²) in [6.45, 7) is 4.07. The van der Waals surface area contributed by atoms with Crippen molar-refractivity contribution in [2.75, 3.05) is 0 Å². The average Bonchev–Trinajstić information content (AvgIpc) is 3.03. The van der Waals surface area contributed by atoms with Gasteiger partial charge in [-0.2, -0.15) is 0 Å². The van der Waals surface area contributed by atoms with Gasteiger partial charge in [-0.3, -0.25) is 9.59 Å². The van der Waals surface area contributed by atoms with Crippen LogP contribution in [-0.2, 0) is 9.59 Å². The van der Waals surface area contributed by atoms with Gasteiger partial charge in [0.25, 0.3) is 0 Å². The highest BCUT2D eigenvalue weighted by Gasteiger charge is 2.48. The molecule has 2 saturated carbocycles. The Bertz CT molecular complexity index is 774. The summed E-state index contributed by atoms with van der Waals surface area (Å²) < 4.78 is 0. The molecule has 0 spiro atoms. The van der Waals surface area contributed by atoms with Gasteiger partial charge in [0.1, 0.15) is 5.92 Å². The molecule has 0 heterocycles. The molecule has 2 aromatic rings. The Morgan fingerprint density at radius 3 is 1.88 bits per heavy atom. The smallest absolute Gasteiger partial charge is 0.150 e. The molecule has 2 heteroatoms. The second-order valence-electron chi connectivity index (χ2n) is 7.33. The lowest BCUT2D eigenvalue weighted by Crippen LogP contribution is -2.35. The van der Waals surface area contributed by atoms with E-state index in [1.54, 1.807) is 0 Å². The number of rotatable bonds is 2. The number of hydrogen-bond acceptors (Lipinski definition) is 2. The monoisotopic (exact) mass is 318 g/mol. The van der Waals surface area contributed by atoms with E-state index in [0.29, 0.717) is 0 Å². The predicted molar refractivity (Wildman–Crippen MR) is 94.9 cm³/mol. The molecule has 2 aliphatic rings. The highest BCUT2D eigenvalue weighted by Crippen LogP contribution is 2.45. The van der Waals surface area contributed by atoms with E-state index in [-0.39, 0.29) is 23.4 Å². The summed E-state index contributed by atoms with van der Waals surface area (Å²) in [4.78, 5) is 25.7. The van der Waals surface area contributed by atoms with Gasteiger partial charge in [0, 0.05) is 11.8 Å². The van der Waals surface area contributed by atoms with E-state index in [4.69, 9.17) is 0 Å². The summed E-state index contributed by atoms with van der Waals surface area (Å²) in [7, 11) is 0. The van der Waals surface area contributed by atoms with Crippen molar-refractivity contribution in [2.45, 2.75) is 39.0 Å². The number of hydrogen-bond donors (Lipinski definition) is 0. The highest BCUT2D eigenvalue weighted by atomic mass is 16.2. The number of carbonyl (C=O) groups excluding carboxylic acids is 2. The molecular weight excluding hydrogens is 296 g/mol. The van der Waals surface area contributed by atoms with Crippen molar-refractivity contribution in [1.29, 1.82) is 0 Å². The molecule has 2 fully saturated rings. The molecule has 2 aromatic carbocycles. The first-order chi connectivity index (χ1) is 11.6. The fourth-order valence-corrected chi connectivity index (χ4v) is 4.62. The number of fused-ring (bicyclic) bond motifs is 2. The minimum atomic E-state index is -0.527. The van der Waals surface area contributed by atoms with Crippen LogP contribution in [0.5, 0.6) is 0 Å². The zero-order valence-corrected chi connectivity index (χ0v) is 14.2. The number of aryl methyl sites for hydroxylation is 2. The summed E-state index contributed by atoms with van der Waals surface area (Å²) in [6, 6.07) is 14.5. The third-order valence-corrected chi connectivity index (χ3v) is 5.80. The summed E-state index contributed by atoms with van der Waals surface area (Å²) in [5.74, 6) is -0.00325. The summed E-state index contributed by atoms with van der Waals surface area (Å²) >= 11 is 0. The molecule has 2 nitrogen and oxygen atoms in total. The normalized spacial score (nSPS) is 26.0. The first kappa shape index (κ1) is 15.3. The van der Waals surface area contributed by atoms with Crippen LogP contribution in [0.15, 0.2) is 42.5 Å². The minimum absolute atomic E-state index is 0.102. The Morgan fingerprint density at radius 1 is 0.792 bits per heavy atom. The van der Waals surface area contributed by atoms with Crippen molar-refractivity contribution in [1.82, 2.24) is 0 Å². The zero-order valence-electron chi connectivity index (χ0n) is 14.2. The van der Waals surface area contributed by atoms with Crippen LogP contribution < -0.4 is 0 Å². The Balaban J connectivity index is 1.79. The quantitative estimate of drug-likeness (QED) is 0.757. The zero-order chi connectivity index (χ0) is 16.8. The van der Waals surface area contributed by atoms with Crippen molar-refractivity contribution in [3.05, 3.63) is 59.2 Å². The van der Waals surface area contributed by atoms with E-state index in [1.807, 2.05) is 32.0 Å². The molecular formula is C22H22O2. The molecule has 2 bridgehead atoms. The van der Waals surface area contributed by atoms with Gasteiger partial charge in [0.2, 0.25) is 0 Å². The molecule has 24 heavy (non-hydrogen) atoms. The van der Waals surface area contributed by atoms with Crippen LogP contribution in [-0.4, -0.2) is 11.6 Å². The van der Waals surface area contributed by atoms with Gasteiger partial charge in [-0.15, -0.1) is 0 Å². The Labute approximate surface area is 142 Å². The number of Topliss-reactive ketones (excluding diaryl/α,β-unsaturated/α-hetero) is 2. The van der Waals surface area contributed by atoms with Crippen LogP contribution in [0.2, 0.25) is 0 Å². The van der Waals surface area contributed by atoms with Crippen LogP contribution in [0.4, 0.5) is 0 Å². The van der Waals surface area contributed by atoms with E-state index in [2.05, 4.69) is 24.3 Å². The van der Waals surface area contributed by atoms with Crippen molar-refractivity contribution >= 4 is 11.6 Å². The van der Waals surface area contributed by atoms with Crippen molar-refractivity contribution in [3.8, 4) is 11.1 Å². The average molecular weight is 318 g/mol. The third-order valence-electron chi connectivity index (χ3n) is 5.80. The lowest BCUT2D eigenvalue weighted by molar-refractivity contribution is -0.135. The van der Waals surface area contributed by atoms with Crippen LogP contribution in [0, 0.1) is 25.7 Å². The second-order valence-corrected chi connectivity index (χ2v) is 7.33. The fraction of sp³-hybridized carbons (Fsp3) is 0.364. The van der Waals surface area contributed by atoms with E-state index >= 15 is 0 Å². The molecule has 2 aliphatic carbocycles.